The third-order valence-electron chi connectivity index (χ3n) is 5.00. The fraction of sp³-hybridized carbons (Fsp3) is 0.286. The molecule has 4 nitrogen and oxygen atoms in total. The van der Waals surface area contributed by atoms with E-state index in [9.17, 15) is 9.18 Å². The molecule has 1 aliphatic rings. The Labute approximate surface area is 150 Å². The molecule has 1 heterocycles. The number of halogens is 1. The van der Waals surface area contributed by atoms with E-state index in [1.807, 2.05) is 25.1 Å². The predicted octanol–water partition coefficient (Wildman–Crippen LogP) is 4.09. The molecule has 26 heavy (non-hydrogen) atoms. The van der Waals surface area contributed by atoms with Crippen LogP contribution < -0.4 is 4.74 Å². The highest BCUT2D eigenvalue weighted by Gasteiger charge is 2.22. The Balaban J connectivity index is 1.85. The molecule has 2 aromatic carbocycles. The van der Waals surface area contributed by atoms with E-state index in [1.54, 1.807) is 12.1 Å². The molecule has 0 amide bonds. The van der Waals surface area contributed by atoms with Crippen molar-refractivity contribution in [3.05, 3.63) is 64.6 Å². The third kappa shape index (κ3) is 2.94. The maximum Gasteiger partial charge on any atom is 0.341 e. The molecule has 134 valence electrons. The van der Waals surface area contributed by atoms with Gasteiger partial charge in [-0.25, -0.2) is 9.18 Å². The summed E-state index contributed by atoms with van der Waals surface area (Å²) in [4.78, 5) is 10.9. The number of carbonyl (C=O) groups is 1. The zero-order valence-electron chi connectivity index (χ0n) is 14.6. The van der Waals surface area contributed by atoms with Crippen LogP contribution in [0.5, 0.6) is 5.75 Å². The quantitative estimate of drug-likeness (QED) is 0.752. The van der Waals surface area contributed by atoms with E-state index in [2.05, 4.69) is 4.57 Å². The lowest BCUT2D eigenvalue weighted by atomic mass is 10.1. The molecule has 0 saturated heterocycles. The average molecular weight is 353 g/mol. The zero-order valence-corrected chi connectivity index (χ0v) is 14.6. The maximum atomic E-state index is 13.6. The molecule has 0 aliphatic heterocycles. The van der Waals surface area contributed by atoms with Crippen LogP contribution in [0.2, 0.25) is 0 Å². The van der Waals surface area contributed by atoms with Crippen LogP contribution in [-0.2, 0) is 24.2 Å². The highest BCUT2D eigenvalue weighted by Crippen LogP contribution is 2.38. The molecule has 0 atom stereocenters. The Morgan fingerprint density at radius 2 is 2.12 bits per heavy atom. The summed E-state index contributed by atoms with van der Waals surface area (Å²) >= 11 is 0. The lowest BCUT2D eigenvalue weighted by Gasteiger charge is -2.14. The van der Waals surface area contributed by atoms with Gasteiger partial charge in [-0.1, -0.05) is 12.1 Å². The summed E-state index contributed by atoms with van der Waals surface area (Å²) in [5.74, 6) is -0.619. The van der Waals surface area contributed by atoms with Gasteiger partial charge < -0.3 is 14.4 Å². The van der Waals surface area contributed by atoms with Gasteiger partial charge in [0.15, 0.2) is 6.61 Å². The summed E-state index contributed by atoms with van der Waals surface area (Å²) in [5.41, 5.74) is 5.55. The number of carboxylic acids is 1. The van der Waals surface area contributed by atoms with Crippen molar-refractivity contribution < 1.29 is 19.0 Å². The van der Waals surface area contributed by atoms with Crippen LogP contribution in [0.3, 0.4) is 0 Å². The highest BCUT2D eigenvalue weighted by molar-refractivity contribution is 5.92. The Morgan fingerprint density at radius 3 is 2.88 bits per heavy atom. The Hall–Kier alpha value is -2.82. The number of aliphatic carboxylic acids is 1. The minimum atomic E-state index is -0.991. The van der Waals surface area contributed by atoms with Gasteiger partial charge in [0.25, 0.3) is 0 Å². The SMILES string of the molecule is Cc1cc2c(OCC(=O)O)cc3c(c2n1Cc1cccc(F)c1)CCC3. The number of benzene rings is 2. The van der Waals surface area contributed by atoms with Crippen molar-refractivity contribution in [3.63, 3.8) is 0 Å². The Kier molecular flexibility index (Phi) is 4.15. The molecule has 4 rings (SSSR count). The molecular weight excluding hydrogens is 333 g/mol. The molecule has 5 heteroatoms. The molecular formula is C21H20FNO3. The van der Waals surface area contributed by atoms with Crippen molar-refractivity contribution in [3.8, 4) is 5.75 Å². The number of nitrogens with zero attached hydrogens (tertiary/aromatic N) is 1. The van der Waals surface area contributed by atoms with Gasteiger partial charge in [-0.15, -0.1) is 0 Å². The summed E-state index contributed by atoms with van der Waals surface area (Å²) < 4.78 is 21.3. The first-order valence-corrected chi connectivity index (χ1v) is 8.76. The van der Waals surface area contributed by atoms with E-state index in [-0.39, 0.29) is 12.4 Å². The van der Waals surface area contributed by atoms with Crippen LogP contribution in [-0.4, -0.2) is 22.2 Å². The highest BCUT2D eigenvalue weighted by atomic mass is 19.1. The molecule has 0 saturated carbocycles. The standard InChI is InChI=1S/C21H20FNO3/c1-13-8-18-19(26-12-20(24)25)10-15-5-3-7-17(15)21(18)23(13)11-14-4-2-6-16(22)9-14/h2,4,6,8-10H,3,5,7,11-12H2,1H3,(H,24,25). The average Bonchev–Trinajstić information content (AvgIpc) is 3.17. The van der Waals surface area contributed by atoms with Gasteiger partial charge in [0.1, 0.15) is 11.6 Å². The number of aromatic nitrogens is 1. The van der Waals surface area contributed by atoms with E-state index >= 15 is 0 Å². The second-order valence-corrected chi connectivity index (χ2v) is 6.81. The van der Waals surface area contributed by atoms with Crippen molar-refractivity contribution in [2.75, 3.05) is 6.61 Å². The predicted molar refractivity (Wildman–Crippen MR) is 97.3 cm³/mol. The largest absolute Gasteiger partial charge is 0.481 e. The summed E-state index contributed by atoms with van der Waals surface area (Å²) in [5, 5.41) is 9.89. The van der Waals surface area contributed by atoms with Crippen molar-refractivity contribution in [2.24, 2.45) is 0 Å². The van der Waals surface area contributed by atoms with Crippen LogP contribution in [0.15, 0.2) is 36.4 Å². The van der Waals surface area contributed by atoms with Crippen LogP contribution in [0, 0.1) is 12.7 Å². The van der Waals surface area contributed by atoms with Gasteiger partial charge in [0.2, 0.25) is 0 Å². The topological polar surface area (TPSA) is 51.5 Å². The first kappa shape index (κ1) is 16.6. The van der Waals surface area contributed by atoms with Crippen molar-refractivity contribution >= 4 is 16.9 Å². The summed E-state index contributed by atoms with van der Waals surface area (Å²) in [6.07, 6.45) is 3.05. The molecule has 3 aromatic rings. The van der Waals surface area contributed by atoms with E-state index in [0.29, 0.717) is 12.3 Å². The van der Waals surface area contributed by atoms with Crippen molar-refractivity contribution in [1.82, 2.24) is 4.57 Å². The molecule has 1 aliphatic carbocycles. The lowest BCUT2D eigenvalue weighted by Crippen LogP contribution is -2.10. The van der Waals surface area contributed by atoms with Gasteiger partial charge in [-0.2, -0.15) is 0 Å². The molecule has 0 fully saturated rings. The van der Waals surface area contributed by atoms with Gasteiger partial charge in [-0.05, 0) is 67.1 Å². The van der Waals surface area contributed by atoms with Crippen LogP contribution in [0.4, 0.5) is 4.39 Å². The van der Waals surface area contributed by atoms with E-state index in [1.165, 1.54) is 17.2 Å². The Bertz CT molecular complexity index is 1010. The summed E-state index contributed by atoms with van der Waals surface area (Å²) in [7, 11) is 0. The van der Waals surface area contributed by atoms with E-state index < -0.39 is 5.97 Å². The monoisotopic (exact) mass is 353 g/mol. The normalized spacial score (nSPS) is 13.2. The maximum absolute atomic E-state index is 13.6. The number of ether oxygens (including phenoxy) is 1. The van der Waals surface area contributed by atoms with Crippen LogP contribution in [0.1, 0.15) is 28.8 Å². The number of fused-ring (bicyclic) bond motifs is 3. The number of hydrogen-bond donors (Lipinski definition) is 1. The van der Waals surface area contributed by atoms with Gasteiger partial charge in [0.05, 0.1) is 5.52 Å². The number of rotatable bonds is 5. The number of carboxylic acid groups (broad SMARTS) is 1. The fourth-order valence-corrected chi connectivity index (χ4v) is 3.90. The molecule has 0 radical (unpaired) electrons. The Morgan fingerprint density at radius 1 is 1.27 bits per heavy atom. The second kappa shape index (κ2) is 6.48. The van der Waals surface area contributed by atoms with Gasteiger partial charge in [-0.3, -0.25) is 0 Å². The van der Waals surface area contributed by atoms with Crippen molar-refractivity contribution in [1.29, 1.82) is 0 Å². The summed E-state index contributed by atoms with van der Waals surface area (Å²) in [6, 6.07) is 10.6. The summed E-state index contributed by atoms with van der Waals surface area (Å²) in [6.45, 7) is 2.23. The van der Waals surface area contributed by atoms with E-state index in [4.69, 9.17) is 9.84 Å². The first-order valence-electron chi connectivity index (χ1n) is 8.76. The molecule has 0 spiro atoms. The second-order valence-electron chi connectivity index (χ2n) is 6.81. The number of hydrogen-bond acceptors (Lipinski definition) is 2. The van der Waals surface area contributed by atoms with Crippen LogP contribution >= 0.6 is 0 Å². The fourth-order valence-electron chi connectivity index (χ4n) is 3.90. The van der Waals surface area contributed by atoms with Gasteiger partial charge >= 0.3 is 5.97 Å². The first-order chi connectivity index (χ1) is 12.5. The zero-order chi connectivity index (χ0) is 18.3. The minimum Gasteiger partial charge on any atom is -0.481 e. The van der Waals surface area contributed by atoms with Crippen LogP contribution in [0.25, 0.3) is 10.9 Å². The lowest BCUT2D eigenvalue weighted by molar-refractivity contribution is -0.139. The molecule has 1 N–H and O–H groups in total. The minimum absolute atomic E-state index is 0.243. The van der Waals surface area contributed by atoms with Gasteiger partial charge in [0, 0.05) is 17.6 Å². The molecule has 0 bridgehead atoms. The third-order valence-corrected chi connectivity index (χ3v) is 5.00. The molecule has 0 unspecified atom stereocenters. The van der Waals surface area contributed by atoms with E-state index in [0.717, 1.165) is 41.4 Å². The molecule has 1 aromatic heterocycles. The number of aryl methyl sites for hydroxylation is 3. The smallest absolute Gasteiger partial charge is 0.341 e. The van der Waals surface area contributed by atoms with Crippen molar-refractivity contribution in [2.45, 2.75) is 32.7 Å².